The van der Waals surface area contributed by atoms with Crippen LogP contribution in [0.2, 0.25) is 0 Å². The average Bonchev–Trinajstić information content (AvgIpc) is 3.20. The second-order valence-corrected chi connectivity index (χ2v) is 10.4. The van der Waals surface area contributed by atoms with Crippen molar-refractivity contribution >= 4 is 27.8 Å². The van der Waals surface area contributed by atoms with E-state index < -0.39 is 10.0 Å². The number of Topliss-reactive ketones (excluding diaryl/α,β-unsaturated/α-hetero) is 1. The van der Waals surface area contributed by atoms with E-state index in [0.29, 0.717) is 11.3 Å². The van der Waals surface area contributed by atoms with E-state index in [-0.39, 0.29) is 48.9 Å². The molecule has 1 saturated heterocycles. The molecule has 0 aliphatic carbocycles. The van der Waals surface area contributed by atoms with E-state index in [0.717, 1.165) is 23.3 Å². The lowest BCUT2D eigenvalue weighted by molar-refractivity contribution is -0.127. The quantitative estimate of drug-likeness (QED) is 0.462. The van der Waals surface area contributed by atoms with Gasteiger partial charge in [0.2, 0.25) is 15.9 Å². The molecule has 9 heteroatoms. The summed E-state index contributed by atoms with van der Waals surface area (Å²) in [5.41, 5.74) is 2.29. The summed E-state index contributed by atoms with van der Waals surface area (Å²) in [4.78, 5) is 25.9. The highest BCUT2D eigenvalue weighted by Gasteiger charge is 2.29. The summed E-state index contributed by atoms with van der Waals surface area (Å²) in [6.07, 6.45) is 4.11. The largest absolute Gasteiger partial charge is 0.496 e. The van der Waals surface area contributed by atoms with Crippen LogP contribution in [0.25, 0.3) is 6.08 Å². The lowest BCUT2D eigenvalue weighted by atomic mass is 10.1. The van der Waals surface area contributed by atoms with Crippen molar-refractivity contribution in [2.45, 2.75) is 31.3 Å². The Morgan fingerprint density at radius 3 is 2.38 bits per heavy atom. The maximum atomic E-state index is 12.9. The molecule has 2 aliphatic heterocycles. The number of amides is 1. The third-order valence-corrected chi connectivity index (χ3v) is 8.02. The van der Waals surface area contributed by atoms with Gasteiger partial charge in [0.05, 0.1) is 12.0 Å². The van der Waals surface area contributed by atoms with E-state index >= 15 is 0 Å². The Morgan fingerprint density at radius 1 is 1.09 bits per heavy atom. The highest BCUT2D eigenvalue weighted by atomic mass is 32.2. The highest BCUT2D eigenvalue weighted by Crippen LogP contribution is 2.35. The van der Waals surface area contributed by atoms with Crippen molar-refractivity contribution in [1.29, 1.82) is 0 Å². The molecule has 180 valence electrons. The summed E-state index contributed by atoms with van der Waals surface area (Å²) in [6, 6.07) is 9.73. The molecule has 2 aliphatic rings. The first-order valence-electron chi connectivity index (χ1n) is 11.1. The number of sulfonamides is 1. The smallest absolute Gasteiger partial charge is 0.246 e. The number of rotatable bonds is 6. The molecule has 1 unspecified atom stereocenters. The second-order valence-electron chi connectivity index (χ2n) is 8.48. The van der Waals surface area contributed by atoms with Gasteiger partial charge in [0.1, 0.15) is 17.6 Å². The molecule has 2 heterocycles. The van der Waals surface area contributed by atoms with Crippen LogP contribution in [0.4, 0.5) is 0 Å². The predicted molar refractivity (Wildman–Crippen MR) is 128 cm³/mol. The zero-order valence-corrected chi connectivity index (χ0v) is 20.3. The number of hydrogen-bond donors (Lipinski definition) is 0. The van der Waals surface area contributed by atoms with Gasteiger partial charge in [0.15, 0.2) is 5.78 Å². The minimum Gasteiger partial charge on any atom is -0.496 e. The van der Waals surface area contributed by atoms with E-state index in [1.165, 1.54) is 41.6 Å². The highest BCUT2D eigenvalue weighted by molar-refractivity contribution is 7.89. The molecular weight excluding hydrogens is 456 g/mol. The first-order valence-corrected chi connectivity index (χ1v) is 12.6. The van der Waals surface area contributed by atoms with Gasteiger partial charge < -0.3 is 14.4 Å². The predicted octanol–water partition coefficient (Wildman–Crippen LogP) is 2.77. The van der Waals surface area contributed by atoms with E-state index in [1.54, 1.807) is 18.1 Å². The molecule has 1 atom stereocenters. The number of methoxy groups -OCH3 is 1. The van der Waals surface area contributed by atoms with E-state index in [2.05, 4.69) is 0 Å². The first kappa shape index (κ1) is 24.0. The van der Waals surface area contributed by atoms with Gasteiger partial charge in [0, 0.05) is 55.4 Å². The summed E-state index contributed by atoms with van der Waals surface area (Å²) >= 11 is 0. The Hall–Kier alpha value is -3.17. The van der Waals surface area contributed by atoms with Gasteiger partial charge in [-0.15, -0.1) is 0 Å². The zero-order chi connectivity index (χ0) is 24.5. The van der Waals surface area contributed by atoms with Crippen molar-refractivity contribution in [2.24, 2.45) is 0 Å². The van der Waals surface area contributed by atoms with Crippen LogP contribution in [-0.4, -0.2) is 68.7 Å². The number of fused-ring (bicyclic) bond motifs is 1. The van der Waals surface area contributed by atoms with Gasteiger partial charge in [-0.1, -0.05) is 12.1 Å². The van der Waals surface area contributed by atoms with Gasteiger partial charge in [-0.3, -0.25) is 9.59 Å². The van der Waals surface area contributed by atoms with Crippen molar-refractivity contribution in [1.82, 2.24) is 9.21 Å². The van der Waals surface area contributed by atoms with Crippen LogP contribution in [0.15, 0.2) is 47.4 Å². The van der Waals surface area contributed by atoms with Crippen LogP contribution in [-0.2, 0) is 21.2 Å². The van der Waals surface area contributed by atoms with Gasteiger partial charge in [-0.25, -0.2) is 8.42 Å². The topological polar surface area (TPSA) is 93.2 Å². The molecule has 34 heavy (non-hydrogen) atoms. The SMILES string of the molecule is COc1cc2c(cc1C=CC(=O)N1CCN(S(=O)(=O)c3ccc(C(C)=O)cc3)CC1)OC(C)C2. The fraction of sp³-hybridized carbons (Fsp3) is 0.360. The Bertz CT molecular complexity index is 1230. The van der Waals surface area contributed by atoms with Crippen LogP contribution < -0.4 is 9.47 Å². The Labute approximate surface area is 199 Å². The second kappa shape index (κ2) is 9.60. The molecule has 2 aromatic rings. The molecule has 0 spiro atoms. The zero-order valence-electron chi connectivity index (χ0n) is 19.5. The summed E-state index contributed by atoms with van der Waals surface area (Å²) in [5.74, 6) is 1.16. The standard InChI is InChI=1S/C25H28N2O6S/c1-17-14-21-16-23(32-3)20(15-24(21)33-17)6-9-25(29)26-10-12-27(13-11-26)34(30,31)22-7-4-19(5-8-22)18(2)28/h4-9,15-17H,10-14H2,1-3H3. The summed E-state index contributed by atoms with van der Waals surface area (Å²) in [5, 5.41) is 0. The molecule has 1 fully saturated rings. The maximum Gasteiger partial charge on any atom is 0.246 e. The van der Waals surface area contributed by atoms with Crippen molar-refractivity contribution in [3.05, 3.63) is 59.2 Å². The maximum absolute atomic E-state index is 12.9. The van der Waals surface area contributed by atoms with Crippen LogP contribution in [0.1, 0.15) is 35.3 Å². The molecule has 0 N–H and O–H groups in total. The number of hydrogen-bond acceptors (Lipinski definition) is 6. The number of ketones is 1. The fourth-order valence-electron chi connectivity index (χ4n) is 4.19. The van der Waals surface area contributed by atoms with Crippen molar-refractivity contribution in [3.63, 3.8) is 0 Å². The molecule has 0 bridgehead atoms. The molecule has 4 rings (SSSR count). The molecule has 8 nitrogen and oxygen atoms in total. The van der Waals surface area contributed by atoms with Gasteiger partial charge in [-0.2, -0.15) is 4.31 Å². The Balaban J connectivity index is 1.40. The summed E-state index contributed by atoms with van der Waals surface area (Å²) < 4.78 is 38.5. The lowest BCUT2D eigenvalue weighted by Gasteiger charge is -2.33. The minimum atomic E-state index is -3.69. The van der Waals surface area contributed by atoms with Gasteiger partial charge in [0.25, 0.3) is 0 Å². The van der Waals surface area contributed by atoms with Crippen molar-refractivity contribution in [2.75, 3.05) is 33.3 Å². The van der Waals surface area contributed by atoms with Crippen molar-refractivity contribution < 1.29 is 27.5 Å². The molecule has 0 saturated carbocycles. The number of carbonyl (C=O) groups excluding carboxylic acids is 2. The molecule has 0 aromatic heterocycles. The Kier molecular flexibility index (Phi) is 6.77. The fourth-order valence-corrected chi connectivity index (χ4v) is 5.61. The Morgan fingerprint density at radius 2 is 1.76 bits per heavy atom. The molecule has 0 radical (unpaired) electrons. The van der Waals surface area contributed by atoms with E-state index in [1.807, 2.05) is 19.1 Å². The number of carbonyl (C=O) groups is 2. The number of piperazine rings is 1. The molecular formula is C25H28N2O6S. The first-order chi connectivity index (χ1) is 16.2. The van der Waals surface area contributed by atoms with Crippen molar-refractivity contribution in [3.8, 4) is 11.5 Å². The van der Waals surface area contributed by atoms with Gasteiger partial charge in [-0.05, 0) is 44.2 Å². The van der Waals surface area contributed by atoms with Gasteiger partial charge >= 0.3 is 0 Å². The van der Waals surface area contributed by atoms with Crippen LogP contribution in [0.5, 0.6) is 11.5 Å². The lowest BCUT2D eigenvalue weighted by Crippen LogP contribution is -2.50. The van der Waals surface area contributed by atoms with E-state index in [9.17, 15) is 18.0 Å². The monoisotopic (exact) mass is 484 g/mol. The summed E-state index contributed by atoms with van der Waals surface area (Å²) in [6.45, 7) is 4.41. The third-order valence-electron chi connectivity index (χ3n) is 6.10. The third kappa shape index (κ3) is 4.85. The van der Waals surface area contributed by atoms with Crippen LogP contribution in [0.3, 0.4) is 0 Å². The average molecular weight is 485 g/mol. The number of ether oxygens (including phenoxy) is 2. The van der Waals surface area contributed by atoms with E-state index in [4.69, 9.17) is 9.47 Å². The molecule has 2 aromatic carbocycles. The van der Waals surface area contributed by atoms with Crippen LogP contribution in [0, 0.1) is 0 Å². The molecule has 1 amide bonds. The normalized spacial score (nSPS) is 18.6. The number of nitrogens with zero attached hydrogens (tertiary/aromatic N) is 2. The van der Waals surface area contributed by atoms with Crippen LogP contribution >= 0.6 is 0 Å². The summed E-state index contributed by atoms with van der Waals surface area (Å²) in [7, 11) is -2.10. The minimum absolute atomic E-state index is 0.111. The number of benzene rings is 2.